The monoisotopic (exact) mass is 407 g/mol. The fourth-order valence-electron chi connectivity index (χ4n) is 2.68. The molecule has 1 aliphatic carbocycles. The van der Waals surface area contributed by atoms with Crippen LogP contribution < -0.4 is 16.4 Å². The van der Waals surface area contributed by atoms with E-state index in [1.54, 1.807) is 24.3 Å². The van der Waals surface area contributed by atoms with Crippen molar-refractivity contribution in [1.29, 1.82) is 0 Å². The number of carbonyl (C=O) groups is 3. The van der Waals surface area contributed by atoms with Crippen molar-refractivity contribution in [2.75, 3.05) is 5.32 Å². The Morgan fingerprint density at radius 1 is 1.08 bits per heavy atom. The quantitative estimate of drug-likeness (QED) is 0.728. The Balaban J connectivity index is 1.90. The number of aryl methyl sites for hydroxylation is 1. The highest BCUT2D eigenvalue weighted by molar-refractivity contribution is 9.10. The van der Waals surface area contributed by atoms with Crippen LogP contribution in [0.3, 0.4) is 0 Å². The number of benzene rings is 1. The van der Waals surface area contributed by atoms with E-state index >= 15 is 0 Å². The molecule has 3 rings (SSSR count). The van der Waals surface area contributed by atoms with E-state index in [0.29, 0.717) is 16.1 Å². The predicted octanol–water partition coefficient (Wildman–Crippen LogP) is 3.06. The van der Waals surface area contributed by atoms with Crippen molar-refractivity contribution in [2.24, 2.45) is 5.73 Å². The molecule has 1 aromatic carbocycles. The van der Waals surface area contributed by atoms with Gasteiger partial charge in [-0.25, -0.2) is 4.79 Å². The molecule has 6 nitrogen and oxygen atoms in total. The zero-order chi connectivity index (χ0) is 17.3. The fourth-order valence-corrected chi connectivity index (χ4v) is 4.23. The van der Waals surface area contributed by atoms with Gasteiger partial charge in [0.2, 0.25) is 0 Å². The van der Waals surface area contributed by atoms with Gasteiger partial charge in [0.25, 0.3) is 11.8 Å². The van der Waals surface area contributed by atoms with Gasteiger partial charge >= 0.3 is 6.03 Å². The maximum atomic E-state index is 12.4. The van der Waals surface area contributed by atoms with Gasteiger partial charge in [-0.3, -0.25) is 14.9 Å². The third-order valence-electron chi connectivity index (χ3n) is 3.72. The van der Waals surface area contributed by atoms with Crippen molar-refractivity contribution in [2.45, 2.75) is 19.3 Å². The van der Waals surface area contributed by atoms with Gasteiger partial charge in [-0.2, -0.15) is 0 Å². The minimum Gasteiger partial charge on any atom is -0.351 e. The number of imide groups is 1. The van der Waals surface area contributed by atoms with Gasteiger partial charge in [0.1, 0.15) is 5.00 Å². The lowest BCUT2D eigenvalue weighted by Crippen LogP contribution is -2.35. The Morgan fingerprint density at radius 3 is 2.46 bits per heavy atom. The van der Waals surface area contributed by atoms with Crippen LogP contribution in [0.25, 0.3) is 0 Å². The molecule has 1 aromatic heterocycles. The number of amides is 4. The van der Waals surface area contributed by atoms with Crippen LogP contribution in [0.2, 0.25) is 0 Å². The Labute approximate surface area is 150 Å². The summed E-state index contributed by atoms with van der Waals surface area (Å²) in [5.74, 6) is -0.886. The lowest BCUT2D eigenvalue weighted by molar-refractivity contribution is 0.0966. The first-order valence-corrected chi connectivity index (χ1v) is 8.89. The predicted molar refractivity (Wildman–Crippen MR) is 95.5 cm³/mol. The van der Waals surface area contributed by atoms with Crippen LogP contribution in [0, 0.1) is 0 Å². The largest absolute Gasteiger partial charge is 0.351 e. The average molecular weight is 408 g/mol. The molecule has 2 aromatic rings. The summed E-state index contributed by atoms with van der Waals surface area (Å²) < 4.78 is 0.871. The number of nitrogens with two attached hydrogens (primary N) is 1. The molecule has 4 amide bonds. The molecule has 0 bridgehead atoms. The van der Waals surface area contributed by atoms with Crippen LogP contribution in [-0.2, 0) is 12.8 Å². The highest BCUT2D eigenvalue weighted by Crippen LogP contribution is 2.39. The third-order valence-corrected chi connectivity index (χ3v) is 5.45. The first kappa shape index (κ1) is 16.7. The van der Waals surface area contributed by atoms with E-state index < -0.39 is 11.9 Å². The summed E-state index contributed by atoms with van der Waals surface area (Å²) >= 11 is 4.69. The Hall–Kier alpha value is -2.19. The Bertz CT molecular complexity index is 830. The van der Waals surface area contributed by atoms with Gasteiger partial charge in [0, 0.05) is 14.9 Å². The summed E-state index contributed by atoms with van der Waals surface area (Å²) in [5.41, 5.74) is 6.76. The van der Waals surface area contributed by atoms with Crippen molar-refractivity contribution in [3.05, 3.63) is 50.3 Å². The third kappa shape index (κ3) is 3.34. The lowest BCUT2D eigenvalue weighted by atomic mass is 10.1. The fraction of sp³-hybridized carbons (Fsp3) is 0.188. The number of thiophene rings is 1. The van der Waals surface area contributed by atoms with E-state index in [4.69, 9.17) is 5.73 Å². The zero-order valence-electron chi connectivity index (χ0n) is 12.5. The SMILES string of the molecule is NC(=O)NC(=O)c1c(NC(=O)c2ccc(Br)cc2)sc2c1CCC2. The summed E-state index contributed by atoms with van der Waals surface area (Å²) in [7, 11) is 0. The molecule has 0 aliphatic heterocycles. The smallest absolute Gasteiger partial charge is 0.319 e. The normalized spacial score (nSPS) is 12.5. The topological polar surface area (TPSA) is 101 Å². The number of hydrogen-bond acceptors (Lipinski definition) is 4. The Kier molecular flexibility index (Phi) is 4.68. The molecular weight excluding hydrogens is 394 g/mol. The molecule has 0 fully saturated rings. The van der Waals surface area contributed by atoms with Gasteiger partial charge in [-0.1, -0.05) is 15.9 Å². The number of rotatable bonds is 3. The van der Waals surface area contributed by atoms with Gasteiger partial charge in [0.15, 0.2) is 0 Å². The molecule has 0 saturated heterocycles. The number of nitrogens with one attached hydrogen (secondary N) is 2. The number of urea groups is 1. The average Bonchev–Trinajstić information content (AvgIpc) is 3.07. The van der Waals surface area contributed by atoms with Gasteiger partial charge in [-0.15, -0.1) is 11.3 Å². The minimum atomic E-state index is -0.914. The second-order valence-corrected chi connectivity index (χ2v) is 7.36. The standard InChI is InChI=1S/C16H14BrN3O3S/c17-9-6-4-8(5-7-9)13(21)19-15-12(14(22)20-16(18)23)10-2-1-3-11(10)24-15/h4-7H,1-3H2,(H,19,21)(H3,18,20,22,23). The summed E-state index contributed by atoms with van der Waals surface area (Å²) in [6.07, 6.45) is 2.57. The van der Waals surface area contributed by atoms with E-state index in [1.165, 1.54) is 11.3 Å². The molecule has 0 unspecified atom stereocenters. The van der Waals surface area contributed by atoms with Crippen molar-refractivity contribution < 1.29 is 14.4 Å². The maximum absolute atomic E-state index is 12.4. The number of primary amides is 1. The number of halogens is 1. The van der Waals surface area contributed by atoms with Crippen LogP contribution in [-0.4, -0.2) is 17.8 Å². The van der Waals surface area contributed by atoms with Gasteiger partial charge in [-0.05, 0) is 49.1 Å². The maximum Gasteiger partial charge on any atom is 0.319 e. The zero-order valence-corrected chi connectivity index (χ0v) is 14.9. The second-order valence-electron chi connectivity index (χ2n) is 5.34. The number of hydrogen-bond donors (Lipinski definition) is 3. The number of anilines is 1. The second kappa shape index (κ2) is 6.74. The van der Waals surface area contributed by atoms with Crippen molar-refractivity contribution in [3.8, 4) is 0 Å². The van der Waals surface area contributed by atoms with Crippen LogP contribution in [0.4, 0.5) is 9.80 Å². The molecule has 0 radical (unpaired) electrons. The van der Waals surface area contributed by atoms with Gasteiger partial charge < -0.3 is 11.1 Å². The van der Waals surface area contributed by atoms with Crippen LogP contribution >= 0.6 is 27.3 Å². The molecule has 124 valence electrons. The number of fused-ring (bicyclic) bond motifs is 1. The van der Waals surface area contributed by atoms with Crippen molar-refractivity contribution >= 4 is 50.1 Å². The molecule has 0 saturated carbocycles. The van der Waals surface area contributed by atoms with E-state index in [2.05, 4.69) is 26.6 Å². The highest BCUT2D eigenvalue weighted by atomic mass is 79.9. The minimum absolute atomic E-state index is 0.310. The molecule has 8 heteroatoms. The molecule has 1 heterocycles. The first-order chi connectivity index (χ1) is 11.5. The molecule has 4 N–H and O–H groups in total. The molecule has 24 heavy (non-hydrogen) atoms. The lowest BCUT2D eigenvalue weighted by Gasteiger charge is -2.08. The summed E-state index contributed by atoms with van der Waals surface area (Å²) in [4.78, 5) is 36.8. The Morgan fingerprint density at radius 2 is 1.79 bits per heavy atom. The summed E-state index contributed by atoms with van der Waals surface area (Å²) in [6.45, 7) is 0. The molecule has 0 spiro atoms. The van der Waals surface area contributed by atoms with Crippen LogP contribution in [0.15, 0.2) is 28.7 Å². The summed E-state index contributed by atoms with van der Waals surface area (Å²) in [6, 6.07) is 5.99. The molecule has 1 aliphatic rings. The van der Waals surface area contributed by atoms with Crippen molar-refractivity contribution in [3.63, 3.8) is 0 Å². The first-order valence-electron chi connectivity index (χ1n) is 7.28. The molecular formula is C16H14BrN3O3S. The van der Waals surface area contributed by atoms with Gasteiger partial charge in [0.05, 0.1) is 5.56 Å². The summed E-state index contributed by atoms with van der Waals surface area (Å²) in [5, 5.41) is 5.32. The number of carbonyl (C=O) groups excluding carboxylic acids is 3. The molecule has 0 atom stereocenters. The van der Waals surface area contributed by atoms with E-state index in [1.807, 2.05) is 0 Å². The van der Waals surface area contributed by atoms with Crippen LogP contribution in [0.1, 0.15) is 37.6 Å². The van der Waals surface area contributed by atoms with E-state index in [0.717, 1.165) is 34.2 Å². The highest BCUT2D eigenvalue weighted by Gasteiger charge is 2.28. The van der Waals surface area contributed by atoms with E-state index in [-0.39, 0.29) is 5.91 Å². The van der Waals surface area contributed by atoms with Crippen LogP contribution in [0.5, 0.6) is 0 Å². The van der Waals surface area contributed by atoms with E-state index in [9.17, 15) is 14.4 Å². The van der Waals surface area contributed by atoms with Crippen molar-refractivity contribution in [1.82, 2.24) is 5.32 Å².